The molecule has 0 saturated heterocycles. The molecule has 0 amide bonds. The van der Waals surface area contributed by atoms with E-state index in [0.717, 1.165) is 54.5 Å². The number of rotatable bonds is 5. The number of ether oxygens (including phenoxy) is 1. The van der Waals surface area contributed by atoms with E-state index in [4.69, 9.17) is 15.5 Å². The van der Waals surface area contributed by atoms with E-state index in [1.165, 1.54) is 24.1 Å². The predicted octanol–water partition coefficient (Wildman–Crippen LogP) is 3.72. The van der Waals surface area contributed by atoms with Crippen LogP contribution in [-0.2, 0) is 16.6 Å². The van der Waals surface area contributed by atoms with Crippen LogP contribution in [0.25, 0.3) is 5.65 Å². The van der Waals surface area contributed by atoms with Crippen molar-refractivity contribution in [3.8, 4) is 0 Å². The van der Waals surface area contributed by atoms with Crippen molar-refractivity contribution in [2.45, 2.75) is 75.0 Å². The molecule has 2 fully saturated rings. The predicted molar refractivity (Wildman–Crippen MR) is 114 cm³/mol. The summed E-state index contributed by atoms with van der Waals surface area (Å²) in [5, 5.41) is 8.41. The van der Waals surface area contributed by atoms with Gasteiger partial charge in [0.25, 0.3) is 0 Å². The van der Waals surface area contributed by atoms with Gasteiger partial charge < -0.3 is 15.8 Å². The summed E-state index contributed by atoms with van der Waals surface area (Å²) in [5.74, 6) is 1.08. The van der Waals surface area contributed by atoms with Crippen molar-refractivity contribution in [1.82, 2.24) is 14.6 Å². The molecule has 150 valence electrons. The third kappa shape index (κ3) is 2.82. The zero-order valence-corrected chi connectivity index (χ0v) is 17.7. The topological polar surface area (TPSA) is 77.5 Å². The molecule has 6 nitrogen and oxygen atoms in total. The fraction of sp³-hybridized carbons (Fsp3) is 0.619. The van der Waals surface area contributed by atoms with Crippen LogP contribution < -0.4 is 11.1 Å². The highest BCUT2D eigenvalue weighted by Crippen LogP contribution is 2.52. The lowest BCUT2D eigenvalue weighted by molar-refractivity contribution is 0.0226. The lowest BCUT2D eigenvalue weighted by atomic mass is 9.81. The first kappa shape index (κ1) is 18.6. The van der Waals surface area contributed by atoms with Gasteiger partial charge in [0, 0.05) is 29.5 Å². The van der Waals surface area contributed by atoms with Crippen LogP contribution in [0, 0.1) is 0 Å². The molecule has 3 aliphatic carbocycles. The average Bonchev–Trinajstić information content (AvgIpc) is 3.45. The number of nitrogens with two attached hydrogens (primary N) is 1. The number of halogens is 1. The molecule has 28 heavy (non-hydrogen) atoms. The number of anilines is 1. The molecule has 2 aromatic heterocycles. The molecule has 1 unspecified atom stereocenters. The minimum absolute atomic E-state index is 0.0202. The number of hydrogen-bond acceptors (Lipinski definition) is 5. The molecular formula is C21H28BrN5O. The molecule has 2 aromatic rings. The van der Waals surface area contributed by atoms with E-state index in [9.17, 15) is 0 Å². The molecule has 0 aliphatic heterocycles. The van der Waals surface area contributed by atoms with Crippen LogP contribution in [-0.4, -0.2) is 39.4 Å². The van der Waals surface area contributed by atoms with E-state index in [0.29, 0.717) is 12.6 Å². The van der Waals surface area contributed by atoms with E-state index >= 15 is 0 Å². The lowest BCUT2D eigenvalue weighted by Gasteiger charge is -2.31. The number of fused-ring (bicyclic) bond motifs is 3. The Hall–Kier alpha value is -1.44. The molecule has 5 rings (SSSR count). The summed E-state index contributed by atoms with van der Waals surface area (Å²) >= 11 is 3.65. The Morgan fingerprint density at radius 1 is 1.39 bits per heavy atom. The maximum absolute atomic E-state index is 6.30. The van der Waals surface area contributed by atoms with E-state index in [1.807, 2.05) is 16.8 Å². The van der Waals surface area contributed by atoms with Crippen LogP contribution in [0.5, 0.6) is 0 Å². The quantitative estimate of drug-likeness (QED) is 0.685. The van der Waals surface area contributed by atoms with Gasteiger partial charge in [-0.15, -0.1) is 6.58 Å². The van der Waals surface area contributed by atoms with Crippen LogP contribution in [0.2, 0.25) is 0 Å². The summed E-state index contributed by atoms with van der Waals surface area (Å²) in [5.41, 5.74) is 9.57. The summed E-state index contributed by atoms with van der Waals surface area (Å²) in [6.07, 6.45) is 12.7. The monoisotopic (exact) mass is 445 g/mol. The highest BCUT2D eigenvalue weighted by molar-refractivity contribution is 9.10. The normalized spacial score (nSPS) is 28.3. The third-order valence-electron chi connectivity index (χ3n) is 6.90. The van der Waals surface area contributed by atoms with Gasteiger partial charge in [-0.3, -0.25) is 0 Å². The number of nitrogens with zero attached hydrogens (tertiary/aromatic N) is 3. The average molecular weight is 446 g/mol. The molecule has 2 saturated carbocycles. The minimum atomic E-state index is 0.0202. The van der Waals surface area contributed by atoms with Gasteiger partial charge in [-0.25, -0.2) is 4.98 Å². The number of aromatic nitrogens is 3. The van der Waals surface area contributed by atoms with Crippen molar-refractivity contribution in [2.75, 3.05) is 11.9 Å². The Bertz CT molecular complexity index is 904. The maximum Gasteiger partial charge on any atom is 0.171 e. The maximum atomic E-state index is 6.30. The van der Waals surface area contributed by atoms with Gasteiger partial charge in [-0.05, 0) is 48.0 Å². The Morgan fingerprint density at radius 2 is 2.21 bits per heavy atom. The van der Waals surface area contributed by atoms with Crippen molar-refractivity contribution in [2.24, 2.45) is 5.73 Å². The largest absolute Gasteiger partial charge is 0.373 e. The fourth-order valence-corrected chi connectivity index (χ4v) is 5.94. The second-order valence-electron chi connectivity index (χ2n) is 8.61. The van der Waals surface area contributed by atoms with E-state index in [-0.39, 0.29) is 17.6 Å². The number of hydrogen-bond donors (Lipinski definition) is 2. The van der Waals surface area contributed by atoms with Gasteiger partial charge in [0.05, 0.1) is 29.1 Å². The van der Waals surface area contributed by atoms with Crippen molar-refractivity contribution in [3.05, 3.63) is 34.6 Å². The van der Waals surface area contributed by atoms with E-state index in [2.05, 4.69) is 32.9 Å². The SMILES string of the molecule is C=CCOC1Cc2c(nc3c(Br)cnn3c2N[C@H]2CC[C@H](N)C2)C12CCCC2. The molecule has 3 aliphatic rings. The van der Waals surface area contributed by atoms with Crippen molar-refractivity contribution in [1.29, 1.82) is 0 Å². The zero-order valence-electron chi connectivity index (χ0n) is 16.2. The van der Waals surface area contributed by atoms with Gasteiger partial charge in [0.15, 0.2) is 5.65 Å². The van der Waals surface area contributed by atoms with E-state index < -0.39 is 0 Å². The summed E-state index contributed by atoms with van der Waals surface area (Å²) in [6, 6.07) is 0.678. The molecule has 3 atom stereocenters. The molecule has 3 N–H and O–H groups in total. The molecule has 2 heterocycles. The first-order valence-electron chi connectivity index (χ1n) is 10.4. The standard InChI is InChI=1S/C21H28BrN5O/c1-2-9-28-17-11-15-18(21(17)7-3-4-8-21)26-20-16(22)12-24-27(20)19(15)25-14-6-5-13(23)10-14/h2,12-14,17,25H,1,3-11,23H2/t13-,14-,17?/m0/s1. The minimum Gasteiger partial charge on any atom is -0.373 e. The van der Waals surface area contributed by atoms with Gasteiger partial charge in [-0.2, -0.15) is 9.61 Å². The van der Waals surface area contributed by atoms with Gasteiger partial charge in [0.2, 0.25) is 0 Å². The summed E-state index contributed by atoms with van der Waals surface area (Å²) in [4.78, 5) is 5.14. The van der Waals surface area contributed by atoms with Crippen molar-refractivity contribution in [3.63, 3.8) is 0 Å². The third-order valence-corrected chi connectivity index (χ3v) is 7.46. The van der Waals surface area contributed by atoms with Crippen LogP contribution in [0.15, 0.2) is 23.3 Å². The molecule has 7 heteroatoms. The van der Waals surface area contributed by atoms with Gasteiger partial charge in [0.1, 0.15) is 5.82 Å². The fourth-order valence-electron chi connectivity index (χ4n) is 5.59. The van der Waals surface area contributed by atoms with Crippen molar-refractivity contribution < 1.29 is 4.74 Å². The van der Waals surface area contributed by atoms with Crippen LogP contribution in [0.1, 0.15) is 56.2 Å². The molecule has 0 bridgehead atoms. The Balaban J connectivity index is 1.63. The first-order chi connectivity index (χ1) is 13.6. The second-order valence-corrected chi connectivity index (χ2v) is 9.46. The molecule has 0 aromatic carbocycles. The summed E-state index contributed by atoms with van der Waals surface area (Å²) in [7, 11) is 0. The summed E-state index contributed by atoms with van der Waals surface area (Å²) in [6.45, 7) is 4.43. The van der Waals surface area contributed by atoms with Crippen LogP contribution in [0.4, 0.5) is 5.82 Å². The Labute approximate surface area is 174 Å². The number of nitrogens with one attached hydrogen (secondary N) is 1. The van der Waals surface area contributed by atoms with Crippen LogP contribution in [0.3, 0.4) is 0 Å². The second kappa shape index (κ2) is 7.11. The Kier molecular flexibility index (Phi) is 4.72. The van der Waals surface area contributed by atoms with Crippen molar-refractivity contribution >= 4 is 27.4 Å². The molecule has 0 radical (unpaired) electrons. The smallest absolute Gasteiger partial charge is 0.171 e. The zero-order chi connectivity index (χ0) is 19.3. The Morgan fingerprint density at radius 3 is 2.93 bits per heavy atom. The first-order valence-corrected chi connectivity index (χ1v) is 11.2. The van der Waals surface area contributed by atoms with Crippen LogP contribution >= 0.6 is 15.9 Å². The highest BCUT2D eigenvalue weighted by Gasteiger charge is 2.52. The molecule has 1 spiro atoms. The van der Waals surface area contributed by atoms with E-state index in [1.54, 1.807) is 0 Å². The van der Waals surface area contributed by atoms with Gasteiger partial charge in [-0.1, -0.05) is 18.9 Å². The lowest BCUT2D eigenvalue weighted by Crippen LogP contribution is -2.36. The summed E-state index contributed by atoms with van der Waals surface area (Å²) < 4.78 is 9.20. The highest BCUT2D eigenvalue weighted by atomic mass is 79.9. The van der Waals surface area contributed by atoms with Gasteiger partial charge >= 0.3 is 0 Å². The molecular weight excluding hydrogens is 418 g/mol.